The molecule has 0 aliphatic rings. The van der Waals surface area contributed by atoms with Gasteiger partial charge in [-0.25, -0.2) is 4.21 Å². The average Bonchev–Trinajstić information content (AvgIpc) is 2.27. The lowest BCUT2D eigenvalue weighted by Crippen LogP contribution is -2.03. The molecule has 1 atom stereocenters. The maximum Gasteiger partial charge on any atom is 0.299 e. The molecule has 0 spiro atoms. The second-order valence-electron chi connectivity index (χ2n) is 3.23. The molecule has 0 fully saturated rings. The summed E-state index contributed by atoms with van der Waals surface area (Å²) in [7, 11) is -2.92. The Bertz CT molecular complexity index is 611. The van der Waals surface area contributed by atoms with Crippen LogP contribution in [-0.4, -0.2) is 16.4 Å². The van der Waals surface area contributed by atoms with Gasteiger partial charge in [-0.1, -0.05) is 46.4 Å². The average molecular weight is 347 g/mol. The van der Waals surface area contributed by atoms with Crippen molar-refractivity contribution < 1.29 is 9.00 Å². The normalized spacial score (nSPS) is 13.6. The quantitative estimate of drug-likeness (QED) is 0.753. The van der Waals surface area contributed by atoms with Crippen LogP contribution >= 0.6 is 46.4 Å². The molecule has 98 valence electrons. The largest absolute Gasteiger partial charge is 0.299 e. The minimum atomic E-state index is -2.92. The van der Waals surface area contributed by atoms with E-state index in [0.29, 0.717) is 9.92 Å². The molecule has 8 heteroatoms. The Labute approximate surface area is 125 Å². The van der Waals surface area contributed by atoms with E-state index in [9.17, 15) is 9.00 Å². The first-order chi connectivity index (χ1) is 8.24. The molecule has 1 rings (SSSR count). The number of carbonyl (C=O) groups is 1. The summed E-state index contributed by atoms with van der Waals surface area (Å²) in [5.74, 6) is -0.931. The fourth-order valence-corrected chi connectivity index (χ4v) is 2.55. The molecule has 0 aliphatic carbocycles. The predicted octanol–water partition coefficient (Wildman–Crippen LogP) is 4.21. The number of rotatable bonds is 2. The van der Waals surface area contributed by atoms with Crippen molar-refractivity contribution in [2.45, 2.75) is 4.90 Å². The van der Waals surface area contributed by atoms with Gasteiger partial charge in [-0.05, 0) is 24.3 Å². The predicted molar refractivity (Wildman–Crippen MR) is 75.8 cm³/mol. The SMILES string of the molecule is C[S@@](=O)(=NC(=O)C(Cl)=C(Cl)Cl)c1ccc(Cl)cc1. The number of hydrogen-bond acceptors (Lipinski definition) is 2. The molecule has 1 aromatic carbocycles. The van der Waals surface area contributed by atoms with Gasteiger partial charge in [-0.3, -0.25) is 4.79 Å². The van der Waals surface area contributed by atoms with Crippen LogP contribution in [0.2, 0.25) is 5.02 Å². The lowest BCUT2D eigenvalue weighted by atomic mass is 10.4. The maximum absolute atomic E-state index is 12.2. The Morgan fingerprint density at radius 3 is 2.11 bits per heavy atom. The molecule has 0 N–H and O–H groups in total. The first-order valence-electron chi connectivity index (χ1n) is 4.47. The minimum absolute atomic E-state index is 0.357. The van der Waals surface area contributed by atoms with Crippen molar-refractivity contribution in [3.8, 4) is 0 Å². The van der Waals surface area contributed by atoms with Crippen molar-refractivity contribution in [2.24, 2.45) is 4.36 Å². The van der Waals surface area contributed by atoms with E-state index in [1.54, 1.807) is 12.1 Å². The van der Waals surface area contributed by atoms with Gasteiger partial charge in [0.2, 0.25) is 0 Å². The van der Waals surface area contributed by atoms with E-state index in [0.717, 1.165) is 0 Å². The van der Waals surface area contributed by atoms with Crippen molar-refractivity contribution in [3.63, 3.8) is 0 Å². The summed E-state index contributed by atoms with van der Waals surface area (Å²) in [4.78, 5) is 11.9. The molecule has 0 saturated heterocycles. The van der Waals surface area contributed by atoms with Gasteiger partial charge in [0, 0.05) is 16.2 Å². The Hall–Kier alpha value is -0.260. The summed E-state index contributed by atoms with van der Waals surface area (Å²) in [5, 5.41) is 0.0175. The lowest BCUT2D eigenvalue weighted by molar-refractivity contribution is -0.113. The molecule has 0 saturated carbocycles. The second-order valence-corrected chi connectivity index (χ2v) is 7.25. The van der Waals surface area contributed by atoms with E-state index in [-0.39, 0.29) is 0 Å². The Kier molecular flexibility index (Phi) is 5.49. The lowest BCUT2D eigenvalue weighted by Gasteiger charge is -2.03. The highest BCUT2D eigenvalue weighted by Gasteiger charge is 2.14. The molecular formula is C10H7Cl4NO2S. The molecule has 0 aromatic heterocycles. The first kappa shape index (κ1) is 15.8. The fourth-order valence-electron chi connectivity index (χ4n) is 1.02. The summed E-state index contributed by atoms with van der Waals surface area (Å²) >= 11 is 21.9. The summed E-state index contributed by atoms with van der Waals surface area (Å²) < 4.78 is 15.3. The second kappa shape index (κ2) is 6.26. The van der Waals surface area contributed by atoms with Gasteiger partial charge < -0.3 is 0 Å². The van der Waals surface area contributed by atoms with Crippen LogP contribution in [0.25, 0.3) is 0 Å². The zero-order chi connectivity index (χ0) is 13.9. The maximum atomic E-state index is 12.2. The highest BCUT2D eigenvalue weighted by molar-refractivity contribution is 7.93. The fraction of sp³-hybridized carbons (Fsp3) is 0.100. The van der Waals surface area contributed by atoms with Crippen LogP contribution in [0.3, 0.4) is 0 Å². The van der Waals surface area contributed by atoms with Crippen LogP contribution in [0.4, 0.5) is 0 Å². The third-order valence-corrected chi connectivity index (χ3v) is 4.70. The third-order valence-electron chi connectivity index (χ3n) is 1.86. The van der Waals surface area contributed by atoms with Crippen molar-refractivity contribution in [2.75, 3.05) is 6.26 Å². The molecule has 0 unspecified atom stereocenters. The number of halogens is 4. The van der Waals surface area contributed by atoms with E-state index in [4.69, 9.17) is 46.4 Å². The molecule has 1 aromatic rings. The van der Waals surface area contributed by atoms with Crippen molar-refractivity contribution >= 4 is 62.0 Å². The molecule has 1 amide bonds. The van der Waals surface area contributed by atoms with Crippen LogP contribution in [0.5, 0.6) is 0 Å². The number of nitrogens with zero attached hydrogens (tertiary/aromatic N) is 1. The first-order valence-corrected chi connectivity index (χ1v) is 7.90. The van der Waals surface area contributed by atoms with E-state index < -0.39 is 25.2 Å². The van der Waals surface area contributed by atoms with Gasteiger partial charge in [0.05, 0.1) is 9.73 Å². The zero-order valence-electron chi connectivity index (χ0n) is 8.99. The third kappa shape index (κ3) is 4.14. The smallest absolute Gasteiger partial charge is 0.265 e. The standard InChI is InChI=1S/C10H7Cl4NO2S/c1-18(17,7-4-2-6(11)3-5-7)15-10(16)8(12)9(13)14/h2-5H,1H3/t18-/m0/s1. The van der Waals surface area contributed by atoms with Gasteiger partial charge in [0.25, 0.3) is 5.91 Å². The van der Waals surface area contributed by atoms with Gasteiger partial charge in [0.1, 0.15) is 9.52 Å². The Morgan fingerprint density at radius 2 is 1.67 bits per heavy atom. The molecule has 0 heterocycles. The highest BCUT2D eigenvalue weighted by Crippen LogP contribution is 2.21. The van der Waals surface area contributed by atoms with Crippen LogP contribution in [0.15, 0.2) is 43.0 Å². The zero-order valence-corrected chi connectivity index (χ0v) is 12.8. The van der Waals surface area contributed by atoms with Gasteiger partial charge in [-0.15, -0.1) is 0 Å². The molecule has 0 bridgehead atoms. The monoisotopic (exact) mass is 345 g/mol. The topological polar surface area (TPSA) is 46.5 Å². The number of carbonyl (C=O) groups excluding carboxylic acids is 1. The molecule has 0 radical (unpaired) electrons. The highest BCUT2D eigenvalue weighted by atomic mass is 35.5. The molecular weight excluding hydrogens is 340 g/mol. The van der Waals surface area contributed by atoms with Crippen molar-refractivity contribution in [1.82, 2.24) is 0 Å². The molecule has 3 nitrogen and oxygen atoms in total. The van der Waals surface area contributed by atoms with Crippen LogP contribution < -0.4 is 0 Å². The van der Waals surface area contributed by atoms with Gasteiger partial charge in [-0.2, -0.15) is 4.36 Å². The Morgan fingerprint density at radius 1 is 1.17 bits per heavy atom. The van der Waals surface area contributed by atoms with Crippen LogP contribution in [0, 0.1) is 0 Å². The number of benzene rings is 1. The van der Waals surface area contributed by atoms with Crippen LogP contribution in [0.1, 0.15) is 0 Å². The Balaban J connectivity index is 3.23. The van der Waals surface area contributed by atoms with E-state index >= 15 is 0 Å². The molecule has 18 heavy (non-hydrogen) atoms. The van der Waals surface area contributed by atoms with Crippen molar-refractivity contribution in [1.29, 1.82) is 0 Å². The summed E-state index contributed by atoms with van der Waals surface area (Å²) in [5.41, 5.74) is 0. The molecule has 0 aliphatic heterocycles. The summed E-state index contributed by atoms with van der Waals surface area (Å²) in [6, 6.07) is 6.13. The van der Waals surface area contributed by atoms with E-state index in [1.165, 1.54) is 18.4 Å². The minimum Gasteiger partial charge on any atom is -0.265 e. The number of hydrogen-bond donors (Lipinski definition) is 0. The van der Waals surface area contributed by atoms with Gasteiger partial charge >= 0.3 is 0 Å². The van der Waals surface area contributed by atoms with Gasteiger partial charge in [0.15, 0.2) is 0 Å². The summed E-state index contributed by atoms with van der Waals surface area (Å²) in [6.07, 6.45) is 1.31. The van der Waals surface area contributed by atoms with E-state index in [1.807, 2.05) is 0 Å². The number of amides is 1. The van der Waals surface area contributed by atoms with E-state index in [2.05, 4.69) is 4.36 Å². The van der Waals surface area contributed by atoms with Crippen molar-refractivity contribution in [3.05, 3.63) is 38.8 Å². The van der Waals surface area contributed by atoms with Crippen LogP contribution in [-0.2, 0) is 14.5 Å². The summed E-state index contributed by atoms with van der Waals surface area (Å²) in [6.45, 7) is 0.